The number of nitrogens with zero attached hydrogens (tertiary/aromatic N) is 1. The number of amides is 3. The lowest BCUT2D eigenvalue weighted by molar-refractivity contribution is -0.147. The Bertz CT molecular complexity index is 388. The third kappa shape index (κ3) is 2.72. The third-order valence-electron chi connectivity index (χ3n) is 3.75. The standard InChI is InChI=1S/C13H20N2O4/c1-2-3-8-19-10(16)9-15-11(17)13(14-12(15)18)6-4-5-7-13/h2-9H2,1H3,(H,14,18). The van der Waals surface area contributed by atoms with Crippen molar-refractivity contribution in [2.24, 2.45) is 0 Å². The van der Waals surface area contributed by atoms with Crippen LogP contribution in [0.25, 0.3) is 0 Å². The van der Waals surface area contributed by atoms with Crippen molar-refractivity contribution >= 4 is 17.9 Å². The molecular formula is C13H20N2O4. The highest BCUT2D eigenvalue weighted by Crippen LogP contribution is 2.34. The first-order chi connectivity index (χ1) is 9.09. The number of imide groups is 1. The molecule has 2 fully saturated rings. The van der Waals surface area contributed by atoms with Crippen LogP contribution in [0.3, 0.4) is 0 Å². The number of esters is 1. The Morgan fingerprint density at radius 2 is 2.05 bits per heavy atom. The summed E-state index contributed by atoms with van der Waals surface area (Å²) in [6.45, 7) is 2.05. The fourth-order valence-electron chi connectivity index (χ4n) is 2.64. The number of hydrogen-bond acceptors (Lipinski definition) is 4. The molecule has 3 amide bonds. The summed E-state index contributed by atoms with van der Waals surface area (Å²) in [6.07, 6.45) is 4.91. The van der Waals surface area contributed by atoms with E-state index in [2.05, 4.69) is 5.32 Å². The highest BCUT2D eigenvalue weighted by molar-refractivity contribution is 6.08. The normalized spacial score (nSPS) is 21.0. The fraction of sp³-hybridized carbons (Fsp3) is 0.769. The van der Waals surface area contributed by atoms with Crippen LogP contribution in [0.2, 0.25) is 0 Å². The van der Waals surface area contributed by atoms with Crippen LogP contribution < -0.4 is 5.32 Å². The van der Waals surface area contributed by atoms with Crippen LogP contribution in [-0.4, -0.2) is 41.5 Å². The topological polar surface area (TPSA) is 75.7 Å². The summed E-state index contributed by atoms with van der Waals surface area (Å²) >= 11 is 0. The summed E-state index contributed by atoms with van der Waals surface area (Å²) in [5.41, 5.74) is -0.749. The molecule has 1 spiro atoms. The molecule has 2 rings (SSSR count). The third-order valence-corrected chi connectivity index (χ3v) is 3.75. The monoisotopic (exact) mass is 268 g/mol. The summed E-state index contributed by atoms with van der Waals surface area (Å²) in [5.74, 6) is -0.797. The van der Waals surface area contributed by atoms with Crippen molar-refractivity contribution in [2.75, 3.05) is 13.2 Å². The Morgan fingerprint density at radius 3 is 2.68 bits per heavy atom. The van der Waals surface area contributed by atoms with Gasteiger partial charge in [0, 0.05) is 0 Å². The van der Waals surface area contributed by atoms with Crippen LogP contribution in [-0.2, 0) is 14.3 Å². The Labute approximate surface area is 112 Å². The molecule has 0 unspecified atom stereocenters. The zero-order valence-corrected chi connectivity index (χ0v) is 11.2. The minimum atomic E-state index is -0.749. The van der Waals surface area contributed by atoms with Gasteiger partial charge in [-0.05, 0) is 19.3 Å². The van der Waals surface area contributed by atoms with Gasteiger partial charge in [0.2, 0.25) is 0 Å². The Morgan fingerprint density at radius 1 is 1.37 bits per heavy atom. The molecule has 1 aliphatic heterocycles. The first-order valence-corrected chi connectivity index (χ1v) is 6.89. The van der Waals surface area contributed by atoms with Crippen molar-refractivity contribution in [1.82, 2.24) is 10.2 Å². The molecule has 1 saturated heterocycles. The van der Waals surface area contributed by atoms with Gasteiger partial charge in [0.1, 0.15) is 12.1 Å². The van der Waals surface area contributed by atoms with E-state index < -0.39 is 17.5 Å². The number of ether oxygens (including phenoxy) is 1. The van der Waals surface area contributed by atoms with Gasteiger partial charge >= 0.3 is 12.0 Å². The van der Waals surface area contributed by atoms with Crippen LogP contribution in [0.1, 0.15) is 45.4 Å². The molecule has 106 valence electrons. The first-order valence-electron chi connectivity index (χ1n) is 6.89. The number of unbranched alkanes of at least 4 members (excludes halogenated alkanes) is 1. The van der Waals surface area contributed by atoms with E-state index in [1.165, 1.54) is 0 Å². The zero-order chi connectivity index (χ0) is 13.9. The van der Waals surface area contributed by atoms with E-state index in [1.807, 2.05) is 6.92 Å². The molecule has 1 aliphatic carbocycles. The fourth-order valence-corrected chi connectivity index (χ4v) is 2.64. The number of carbonyl (C=O) groups excluding carboxylic acids is 3. The van der Waals surface area contributed by atoms with E-state index in [0.29, 0.717) is 19.4 Å². The lowest BCUT2D eigenvalue weighted by Crippen LogP contribution is -2.44. The van der Waals surface area contributed by atoms with E-state index in [0.717, 1.165) is 30.6 Å². The predicted molar refractivity (Wildman–Crippen MR) is 67.3 cm³/mol. The quantitative estimate of drug-likeness (QED) is 0.462. The van der Waals surface area contributed by atoms with Gasteiger partial charge in [0.15, 0.2) is 0 Å². The number of urea groups is 1. The molecule has 0 atom stereocenters. The summed E-state index contributed by atoms with van der Waals surface area (Å²) < 4.78 is 4.98. The molecule has 0 bridgehead atoms. The number of carbonyl (C=O) groups is 3. The lowest BCUT2D eigenvalue weighted by Gasteiger charge is -2.19. The summed E-state index contributed by atoms with van der Waals surface area (Å²) in [5, 5.41) is 2.73. The van der Waals surface area contributed by atoms with Gasteiger partial charge in [-0.15, -0.1) is 0 Å². The zero-order valence-electron chi connectivity index (χ0n) is 11.2. The highest BCUT2D eigenvalue weighted by atomic mass is 16.5. The predicted octanol–water partition coefficient (Wildman–Crippen LogP) is 1.19. The van der Waals surface area contributed by atoms with Crippen molar-refractivity contribution < 1.29 is 19.1 Å². The van der Waals surface area contributed by atoms with Crippen molar-refractivity contribution in [3.05, 3.63) is 0 Å². The molecule has 1 saturated carbocycles. The van der Waals surface area contributed by atoms with Crippen molar-refractivity contribution in [2.45, 2.75) is 51.0 Å². The van der Waals surface area contributed by atoms with Gasteiger partial charge in [-0.3, -0.25) is 14.5 Å². The van der Waals surface area contributed by atoms with Crippen molar-refractivity contribution in [1.29, 1.82) is 0 Å². The summed E-state index contributed by atoms with van der Waals surface area (Å²) in [4.78, 5) is 36.6. The van der Waals surface area contributed by atoms with Gasteiger partial charge in [-0.2, -0.15) is 0 Å². The van der Waals surface area contributed by atoms with Crippen LogP contribution in [0.4, 0.5) is 4.79 Å². The molecule has 0 aromatic carbocycles. The van der Waals surface area contributed by atoms with E-state index in [4.69, 9.17) is 4.74 Å². The molecular weight excluding hydrogens is 248 g/mol. The average molecular weight is 268 g/mol. The molecule has 1 N–H and O–H groups in total. The molecule has 0 aromatic rings. The molecule has 2 aliphatic rings. The second-order valence-corrected chi connectivity index (χ2v) is 5.18. The van der Waals surface area contributed by atoms with Gasteiger partial charge in [0.05, 0.1) is 6.61 Å². The van der Waals surface area contributed by atoms with E-state index in [1.54, 1.807) is 0 Å². The maximum absolute atomic E-state index is 12.2. The van der Waals surface area contributed by atoms with Gasteiger partial charge in [0.25, 0.3) is 5.91 Å². The Balaban J connectivity index is 1.92. The summed E-state index contributed by atoms with van der Waals surface area (Å²) in [6, 6.07) is -0.473. The van der Waals surface area contributed by atoms with E-state index >= 15 is 0 Å². The van der Waals surface area contributed by atoms with Gasteiger partial charge < -0.3 is 10.1 Å². The Hall–Kier alpha value is -1.59. The molecule has 0 aromatic heterocycles. The molecule has 6 nitrogen and oxygen atoms in total. The second kappa shape index (κ2) is 5.59. The van der Waals surface area contributed by atoms with Crippen LogP contribution >= 0.6 is 0 Å². The van der Waals surface area contributed by atoms with E-state index in [-0.39, 0.29) is 12.5 Å². The lowest BCUT2D eigenvalue weighted by atomic mass is 9.98. The second-order valence-electron chi connectivity index (χ2n) is 5.18. The maximum atomic E-state index is 12.2. The molecule has 19 heavy (non-hydrogen) atoms. The molecule has 0 radical (unpaired) electrons. The minimum Gasteiger partial charge on any atom is -0.464 e. The van der Waals surface area contributed by atoms with Crippen molar-refractivity contribution in [3.63, 3.8) is 0 Å². The van der Waals surface area contributed by atoms with Crippen LogP contribution in [0.15, 0.2) is 0 Å². The van der Waals surface area contributed by atoms with E-state index in [9.17, 15) is 14.4 Å². The number of rotatable bonds is 5. The van der Waals surface area contributed by atoms with Crippen LogP contribution in [0.5, 0.6) is 0 Å². The van der Waals surface area contributed by atoms with Crippen molar-refractivity contribution in [3.8, 4) is 0 Å². The minimum absolute atomic E-state index is 0.276. The number of nitrogens with one attached hydrogen (secondary N) is 1. The largest absolute Gasteiger partial charge is 0.464 e. The average Bonchev–Trinajstić information content (AvgIpc) is 2.92. The smallest absolute Gasteiger partial charge is 0.326 e. The summed E-state index contributed by atoms with van der Waals surface area (Å²) in [7, 11) is 0. The maximum Gasteiger partial charge on any atom is 0.326 e. The Kier molecular flexibility index (Phi) is 4.07. The molecule has 1 heterocycles. The molecule has 6 heteroatoms. The first kappa shape index (κ1) is 13.8. The SMILES string of the molecule is CCCCOC(=O)CN1C(=O)NC2(CCCC2)C1=O. The highest BCUT2D eigenvalue weighted by Gasteiger charge is 2.52. The van der Waals surface area contributed by atoms with Gasteiger partial charge in [-0.1, -0.05) is 26.2 Å². The van der Waals surface area contributed by atoms with Gasteiger partial charge in [-0.25, -0.2) is 4.79 Å². The number of hydrogen-bond donors (Lipinski definition) is 1. The van der Waals surface area contributed by atoms with Crippen LogP contribution in [0, 0.1) is 0 Å².